The van der Waals surface area contributed by atoms with Crippen molar-refractivity contribution >= 4 is 21.6 Å². The fourth-order valence-electron chi connectivity index (χ4n) is 3.11. The molecule has 2 N–H and O–H groups in total. The summed E-state index contributed by atoms with van der Waals surface area (Å²) >= 11 is 0. The van der Waals surface area contributed by atoms with Crippen molar-refractivity contribution in [2.45, 2.75) is 77.0 Å². The molecule has 0 saturated heterocycles. The van der Waals surface area contributed by atoms with Crippen LogP contribution >= 0.6 is 0 Å². The van der Waals surface area contributed by atoms with Crippen LogP contribution in [0.1, 0.15) is 66.2 Å². The van der Waals surface area contributed by atoms with Crippen molar-refractivity contribution in [3.05, 3.63) is 24.3 Å². The fraction of sp³-hybridized carbons (Fsp3) is 0.667. The zero-order chi connectivity index (χ0) is 20.8. The third kappa shape index (κ3) is 6.48. The number of sulfonamides is 1. The number of hydrogen-bond acceptors (Lipinski definition) is 4. The molecule has 6 nitrogen and oxygen atoms in total. The number of carbonyl (C=O) groups excluding carboxylic acids is 1. The molecule has 0 heterocycles. The molecule has 28 heavy (non-hydrogen) atoms. The molecule has 1 aromatic rings. The van der Waals surface area contributed by atoms with Crippen LogP contribution in [0.4, 0.5) is 5.69 Å². The molecular weight excluding hydrogens is 376 g/mol. The highest BCUT2D eigenvalue weighted by Crippen LogP contribution is 2.28. The minimum Gasteiger partial charge on any atom is -0.494 e. The van der Waals surface area contributed by atoms with E-state index in [1.165, 1.54) is 0 Å². The number of benzene rings is 1. The van der Waals surface area contributed by atoms with E-state index in [1.54, 1.807) is 20.8 Å². The average Bonchev–Trinajstić information content (AvgIpc) is 2.61. The molecule has 1 amide bonds. The summed E-state index contributed by atoms with van der Waals surface area (Å²) in [7, 11) is -3.36. The van der Waals surface area contributed by atoms with Gasteiger partial charge in [-0.2, -0.15) is 0 Å². The maximum atomic E-state index is 12.6. The van der Waals surface area contributed by atoms with Gasteiger partial charge in [-0.15, -0.1) is 0 Å². The maximum absolute atomic E-state index is 12.6. The first kappa shape index (κ1) is 22.7. The molecule has 1 aromatic carbocycles. The Morgan fingerprint density at radius 2 is 1.86 bits per heavy atom. The third-order valence-corrected chi connectivity index (χ3v) is 7.35. The zero-order valence-electron chi connectivity index (χ0n) is 17.5. The smallest absolute Gasteiger partial charge is 0.227 e. The van der Waals surface area contributed by atoms with Crippen molar-refractivity contribution in [3.63, 3.8) is 0 Å². The summed E-state index contributed by atoms with van der Waals surface area (Å²) in [5.41, 5.74) is 0.731. The quantitative estimate of drug-likeness (QED) is 0.633. The Morgan fingerprint density at radius 3 is 2.46 bits per heavy atom. The van der Waals surface area contributed by atoms with Gasteiger partial charge in [-0.25, -0.2) is 13.1 Å². The van der Waals surface area contributed by atoms with Gasteiger partial charge in [0.1, 0.15) is 5.75 Å². The fourth-order valence-corrected chi connectivity index (χ4v) is 4.14. The van der Waals surface area contributed by atoms with Gasteiger partial charge < -0.3 is 10.1 Å². The summed E-state index contributed by atoms with van der Waals surface area (Å²) in [5.74, 6) is 0.648. The predicted molar refractivity (Wildman–Crippen MR) is 113 cm³/mol. The molecule has 7 heteroatoms. The Labute approximate surface area is 169 Å². The number of rotatable bonds is 8. The minimum absolute atomic E-state index is 0.0113. The van der Waals surface area contributed by atoms with Crippen LogP contribution in [0.5, 0.6) is 5.75 Å². The highest BCUT2D eigenvalue weighted by atomic mass is 32.2. The monoisotopic (exact) mass is 410 g/mol. The van der Waals surface area contributed by atoms with E-state index in [4.69, 9.17) is 4.74 Å². The van der Waals surface area contributed by atoms with Crippen LogP contribution in [0.25, 0.3) is 0 Å². The first-order valence-corrected chi connectivity index (χ1v) is 11.7. The molecule has 2 rings (SSSR count). The lowest BCUT2D eigenvalue weighted by Crippen LogP contribution is -2.46. The van der Waals surface area contributed by atoms with Gasteiger partial charge in [0.15, 0.2) is 0 Å². The van der Waals surface area contributed by atoms with Crippen LogP contribution in [0.15, 0.2) is 24.3 Å². The number of unbranched alkanes of at least 4 members (excludes halogenated alkanes) is 1. The number of amides is 1. The van der Waals surface area contributed by atoms with Crippen molar-refractivity contribution in [2.24, 2.45) is 5.92 Å². The van der Waals surface area contributed by atoms with E-state index in [-0.39, 0.29) is 17.9 Å². The molecule has 1 fully saturated rings. The molecule has 0 unspecified atom stereocenters. The highest BCUT2D eigenvalue weighted by Gasteiger charge is 2.34. The van der Waals surface area contributed by atoms with Gasteiger partial charge in [0, 0.05) is 23.7 Å². The SMILES string of the molecule is CCCCOc1cccc(NC(=O)[C@H]2CC[C@H](NS(=O)(=O)C(C)(C)C)CC2)c1. The molecule has 1 saturated carbocycles. The van der Waals surface area contributed by atoms with Crippen LogP contribution in [-0.4, -0.2) is 31.7 Å². The molecule has 0 aromatic heterocycles. The molecule has 0 radical (unpaired) electrons. The van der Waals surface area contributed by atoms with Gasteiger partial charge in [-0.05, 0) is 65.0 Å². The number of nitrogens with one attached hydrogen (secondary N) is 2. The summed E-state index contributed by atoms with van der Waals surface area (Å²) in [6.07, 6.45) is 4.77. The lowest BCUT2D eigenvalue weighted by Gasteiger charge is -2.30. The van der Waals surface area contributed by atoms with Gasteiger partial charge in [0.2, 0.25) is 15.9 Å². The zero-order valence-corrected chi connectivity index (χ0v) is 18.3. The largest absolute Gasteiger partial charge is 0.494 e. The van der Waals surface area contributed by atoms with Gasteiger partial charge in [-0.1, -0.05) is 19.4 Å². The summed E-state index contributed by atoms with van der Waals surface area (Å²) in [6.45, 7) is 7.85. The molecule has 158 valence electrons. The second kappa shape index (κ2) is 9.74. The Kier molecular flexibility index (Phi) is 7.89. The Hall–Kier alpha value is -1.60. The minimum atomic E-state index is -3.36. The summed E-state index contributed by atoms with van der Waals surface area (Å²) < 4.78 is 32.3. The molecule has 0 bridgehead atoms. The maximum Gasteiger partial charge on any atom is 0.227 e. The van der Waals surface area contributed by atoms with E-state index < -0.39 is 14.8 Å². The number of hydrogen-bond donors (Lipinski definition) is 2. The average molecular weight is 411 g/mol. The van der Waals surface area contributed by atoms with Crippen molar-refractivity contribution in [1.29, 1.82) is 0 Å². The first-order chi connectivity index (χ1) is 13.1. The second-order valence-corrected chi connectivity index (χ2v) is 11.0. The van der Waals surface area contributed by atoms with Crippen molar-refractivity contribution in [3.8, 4) is 5.75 Å². The number of anilines is 1. The Bertz CT molecular complexity index is 748. The van der Waals surface area contributed by atoms with E-state index in [9.17, 15) is 13.2 Å². The van der Waals surface area contributed by atoms with Gasteiger partial charge >= 0.3 is 0 Å². The van der Waals surface area contributed by atoms with Crippen molar-refractivity contribution in [1.82, 2.24) is 4.72 Å². The summed E-state index contributed by atoms with van der Waals surface area (Å²) in [4.78, 5) is 12.6. The third-order valence-electron chi connectivity index (χ3n) is 5.09. The second-order valence-electron chi connectivity index (χ2n) is 8.50. The van der Waals surface area contributed by atoms with Gasteiger partial charge in [0.05, 0.1) is 11.4 Å². The Balaban J connectivity index is 1.85. The van der Waals surface area contributed by atoms with E-state index in [0.29, 0.717) is 32.3 Å². The van der Waals surface area contributed by atoms with Crippen LogP contribution in [-0.2, 0) is 14.8 Å². The van der Waals surface area contributed by atoms with E-state index in [0.717, 1.165) is 24.3 Å². The van der Waals surface area contributed by atoms with E-state index >= 15 is 0 Å². The summed E-state index contributed by atoms with van der Waals surface area (Å²) in [5, 5.41) is 2.97. The van der Waals surface area contributed by atoms with Crippen LogP contribution in [0.3, 0.4) is 0 Å². The van der Waals surface area contributed by atoms with Crippen molar-refractivity contribution < 1.29 is 17.9 Å². The van der Waals surface area contributed by atoms with Crippen molar-refractivity contribution in [2.75, 3.05) is 11.9 Å². The molecular formula is C21H34N2O4S. The van der Waals surface area contributed by atoms with E-state index in [1.807, 2.05) is 24.3 Å². The molecule has 0 atom stereocenters. The lowest BCUT2D eigenvalue weighted by molar-refractivity contribution is -0.120. The number of ether oxygens (including phenoxy) is 1. The predicted octanol–water partition coefficient (Wildman–Crippen LogP) is 4.08. The van der Waals surface area contributed by atoms with E-state index in [2.05, 4.69) is 17.0 Å². The summed E-state index contributed by atoms with van der Waals surface area (Å²) in [6, 6.07) is 7.36. The van der Waals surface area contributed by atoms with Crippen LogP contribution < -0.4 is 14.8 Å². The van der Waals surface area contributed by atoms with Gasteiger partial charge in [-0.3, -0.25) is 4.79 Å². The molecule has 0 aliphatic heterocycles. The molecule has 1 aliphatic rings. The molecule has 1 aliphatic carbocycles. The topological polar surface area (TPSA) is 84.5 Å². The molecule has 0 spiro atoms. The lowest BCUT2D eigenvalue weighted by atomic mass is 9.86. The van der Waals surface area contributed by atoms with Gasteiger partial charge in [0.25, 0.3) is 0 Å². The first-order valence-electron chi connectivity index (χ1n) is 10.2. The van der Waals surface area contributed by atoms with Crippen LogP contribution in [0, 0.1) is 5.92 Å². The Morgan fingerprint density at radius 1 is 1.18 bits per heavy atom. The van der Waals surface area contributed by atoms with Crippen LogP contribution in [0.2, 0.25) is 0 Å². The normalized spacial score (nSPS) is 20.6. The highest BCUT2D eigenvalue weighted by molar-refractivity contribution is 7.90. The number of carbonyl (C=O) groups is 1. The standard InChI is InChI=1S/C21H34N2O4S/c1-5-6-14-27-19-9-7-8-18(15-19)22-20(24)16-10-12-17(13-11-16)23-28(25,26)21(2,3)4/h7-9,15-17,23H,5-6,10-14H2,1-4H3,(H,22,24)/t16-,17-.